The molecule has 2 amide bonds. The van der Waals surface area contributed by atoms with Crippen LogP contribution in [-0.4, -0.2) is 34.8 Å². The van der Waals surface area contributed by atoms with Crippen molar-refractivity contribution in [1.82, 2.24) is 9.88 Å². The highest BCUT2D eigenvalue weighted by atomic mass is 35.5. The third-order valence-corrected chi connectivity index (χ3v) is 3.65. The van der Waals surface area contributed by atoms with E-state index in [2.05, 4.69) is 10.3 Å². The minimum atomic E-state index is -0.170. The summed E-state index contributed by atoms with van der Waals surface area (Å²) in [4.78, 5) is 29.7. The second-order valence-electron chi connectivity index (χ2n) is 4.88. The third kappa shape index (κ3) is 3.70. The molecule has 0 bridgehead atoms. The fraction of sp³-hybridized carbons (Fsp3) is 0.500. The quantitative estimate of drug-likeness (QED) is 0.931. The summed E-state index contributed by atoms with van der Waals surface area (Å²) >= 11 is 5.75. The molecule has 20 heavy (non-hydrogen) atoms. The lowest BCUT2D eigenvalue weighted by Gasteiger charge is -2.31. The molecule has 1 atom stereocenters. The van der Waals surface area contributed by atoms with Crippen LogP contribution in [0.1, 0.15) is 26.2 Å². The van der Waals surface area contributed by atoms with Crippen molar-refractivity contribution in [3.05, 3.63) is 23.4 Å². The van der Waals surface area contributed by atoms with Crippen LogP contribution < -0.4 is 5.32 Å². The van der Waals surface area contributed by atoms with Crippen LogP contribution in [0.15, 0.2) is 18.3 Å². The molecule has 2 rings (SSSR count). The van der Waals surface area contributed by atoms with Gasteiger partial charge in [-0.25, -0.2) is 4.98 Å². The Morgan fingerprint density at radius 2 is 2.30 bits per heavy atom. The summed E-state index contributed by atoms with van der Waals surface area (Å²) in [6.07, 6.45) is 3.63. The molecule has 0 radical (unpaired) electrons. The van der Waals surface area contributed by atoms with E-state index >= 15 is 0 Å². The molecule has 0 saturated carbocycles. The fourth-order valence-electron chi connectivity index (χ4n) is 2.32. The number of nitrogens with one attached hydrogen (secondary N) is 1. The average molecular weight is 296 g/mol. The van der Waals surface area contributed by atoms with Gasteiger partial charge in [0.25, 0.3) is 0 Å². The van der Waals surface area contributed by atoms with Crippen molar-refractivity contribution >= 4 is 29.2 Å². The number of rotatable bonds is 3. The van der Waals surface area contributed by atoms with E-state index in [1.807, 2.05) is 6.92 Å². The van der Waals surface area contributed by atoms with Crippen molar-refractivity contribution in [3.63, 3.8) is 0 Å². The van der Waals surface area contributed by atoms with Gasteiger partial charge in [0.1, 0.15) is 5.82 Å². The van der Waals surface area contributed by atoms with Gasteiger partial charge in [0.2, 0.25) is 11.8 Å². The molecule has 1 fully saturated rings. The van der Waals surface area contributed by atoms with Crippen LogP contribution >= 0.6 is 11.6 Å². The summed E-state index contributed by atoms with van der Waals surface area (Å²) in [6.45, 7) is 3.07. The highest BCUT2D eigenvalue weighted by Crippen LogP contribution is 2.19. The maximum absolute atomic E-state index is 12.2. The first kappa shape index (κ1) is 14.8. The van der Waals surface area contributed by atoms with Gasteiger partial charge < -0.3 is 10.2 Å². The Morgan fingerprint density at radius 3 is 2.95 bits per heavy atom. The van der Waals surface area contributed by atoms with E-state index in [1.165, 1.54) is 6.20 Å². The second-order valence-corrected chi connectivity index (χ2v) is 5.32. The Bertz CT molecular complexity index is 490. The second kappa shape index (κ2) is 6.70. The van der Waals surface area contributed by atoms with Gasteiger partial charge in [-0.05, 0) is 25.0 Å². The Hall–Kier alpha value is -1.62. The van der Waals surface area contributed by atoms with E-state index in [0.29, 0.717) is 23.8 Å². The first-order valence-corrected chi connectivity index (χ1v) is 7.18. The lowest BCUT2D eigenvalue weighted by atomic mass is 9.97. The highest BCUT2D eigenvalue weighted by Gasteiger charge is 2.27. The van der Waals surface area contributed by atoms with E-state index in [9.17, 15) is 9.59 Å². The topological polar surface area (TPSA) is 62.3 Å². The van der Waals surface area contributed by atoms with Gasteiger partial charge in [0.15, 0.2) is 0 Å². The lowest BCUT2D eigenvalue weighted by Crippen LogP contribution is -2.43. The van der Waals surface area contributed by atoms with Gasteiger partial charge in [-0.15, -0.1) is 0 Å². The van der Waals surface area contributed by atoms with Crippen molar-refractivity contribution in [2.45, 2.75) is 26.2 Å². The molecule has 6 heteroatoms. The standard InChI is InChI=1S/C14H18ClN3O2/c1-2-13(19)18-7-3-4-10(9-18)14(20)17-12-6-5-11(15)8-16-12/h5-6,8,10H,2-4,7,9H2,1H3,(H,16,17,20). The lowest BCUT2D eigenvalue weighted by molar-refractivity contribution is -0.134. The number of hydrogen-bond donors (Lipinski definition) is 1. The van der Waals surface area contributed by atoms with Crippen LogP contribution in [-0.2, 0) is 9.59 Å². The van der Waals surface area contributed by atoms with Crippen LogP contribution in [0.4, 0.5) is 5.82 Å². The normalized spacial score (nSPS) is 18.7. The van der Waals surface area contributed by atoms with E-state index in [0.717, 1.165) is 19.4 Å². The Labute approximate surface area is 123 Å². The van der Waals surface area contributed by atoms with Crippen molar-refractivity contribution in [2.75, 3.05) is 18.4 Å². The van der Waals surface area contributed by atoms with Crippen LogP contribution in [0.3, 0.4) is 0 Å². The summed E-state index contributed by atoms with van der Waals surface area (Å²) < 4.78 is 0. The maximum atomic E-state index is 12.2. The van der Waals surface area contributed by atoms with Gasteiger partial charge in [-0.1, -0.05) is 18.5 Å². The molecule has 1 saturated heterocycles. The molecular formula is C14H18ClN3O2. The van der Waals surface area contributed by atoms with Crippen LogP contribution in [0.25, 0.3) is 0 Å². The Balaban J connectivity index is 1.95. The number of piperidine rings is 1. The first-order valence-electron chi connectivity index (χ1n) is 6.80. The predicted molar refractivity (Wildman–Crippen MR) is 77.5 cm³/mol. The zero-order valence-corrected chi connectivity index (χ0v) is 12.2. The molecule has 2 heterocycles. The summed E-state index contributed by atoms with van der Waals surface area (Å²) in [5.41, 5.74) is 0. The van der Waals surface area contributed by atoms with E-state index in [4.69, 9.17) is 11.6 Å². The summed E-state index contributed by atoms with van der Waals surface area (Å²) in [6, 6.07) is 3.34. The monoisotopic (exact) mass is 295 g/mol. The number of hydrogen-bond acceptors (Lipinski definition) is 3. The number of likely N-dealkylation sites (tertiary alicyclic amines) is 1. The number of aromatic nitrogens is 1. The minimum Gasteiger partial charge on any atom is -0.342 e. The van der Waals surface area contributed by atoms with E-state index in [1.54, 1.807) is 17.0 Å². The Morgan fingerprint density at radius 1 is 1.50 bits per heavy atom. The molecule has 1 aromatic heterocycles. The molecule has 0 spiro atoms. The molecule has 1 aliphatic rings. The van der Waals surface area contributed by atoms with Crippen LogP contribution in [0, 0.1) is 5.92 Å². The molecular weight excluding hydrogens is 278 g/mol. The molecule has 0 aliphatic carbocycles. The zero-order chi connectivity index (χ0) is 14.5. The molecule has 1 aliphatic heterocycles. The van der Waals surface area contributed by atoms with Crippen molar-refractivity contribution < 1.29 is 9.59 Å². The number of amides is 2. The van der Waals surface area contributed by atoms with Gasteiger partial charge in [0.05, 0.1) is 10.9 Å². The maximum Gasteiger partial charge on any atom is 0.230 e. The molecule has 1 aromatic rings. The molecule has 1 N–H and O–H groups in total. The first-order chi connectivity index (χ1) is 9.60. The van der Waals surface area contributed by atoms with Crippen molar-refractivity contribution in [2.24, 2.45) is 5.92 Å². The van der Waals surface area contributed by atoms with Gasteiger partial charge in [-0.2, -0.15) is 0 Å². The van der Waals surface area contributed by atoms with E-state index < -0.39 is 0 Å². The summed E-state index contributed by atoms with van der Waals surface area (Å²) in [5.74, 6) is 0.329. The summed E-state index contributed by atoms with van der Waals surface area (Å²) in [5, 5.41) is 3.30. The van der Waals surface area contributed by atoms with Crippen LogP contribution in [0.5, 0.6) is 0 Å². The highest BCUT2D eigenvalue weighted by molar-refractivity contribution is 6.30. The van der Waals surface area contributed by atoms with Crippen molar-refractivity contribution in [3.8, 4) is 0 Å². The largest absolute Gasteiger partial charge is 0.342 e. The number of pyridine rings is 1. The third-order valence-electron chi connectivity index (χ3n) is 3.43. The zero-order valence-electron chi connectivity index (χ0n) is 11.4. The average Bonchev–Trinajstić information content (AvgIpc) is 2.49. The number of halogens is 1. The Kier molecular flexibility index (Phi) is 4.95. The van der Waals surface area contributed by atoms with Crippen LogP contribution in [0.2, 0.25) is 5.02 Å². The van der Waals surface area contributed by atoms with Gasteiger partial charge in [-0.3, -0.25) is 9.59 Å². The number of carbonyl (C=O) groups excluding carboxylic acids is 2. The SMILES string of the molecule is CCC(=O)N1CCCC(C(=O)Nc2ccc(Cl)cn2)C1. The number of nitrogens with zero attached hydrogens (tertiary/aromatic N) is 2. The minimum absolute atomic E-state index is 0.0894. The van der Waals surface area contributed by atoms with E-state index in [-0.39, 0.29) is 17.7 Å². The molecule has 1 unspecified atom stereocenters. The fourth-order valence-corrected chi connectivity index (χ4v) is 2.43. The van der Waals surface area contributed by atoms with Gasteiger partial charge >= 0.3 is 0 Å². The van der Waals surface area contributed by atoms with Gasteiger partial charge in [0, 0.05) is 25.7 Å². The van der Waals surface area contributed by atoms with Crippen molar-refractivity contribution in [1.29, 1.82) is 0 Å². The molecule has 5 nitrogen and oxygen atoms in total. The molecule has 108 valence electrons. The number of anilines is 1. The number of carbonyl (C=O) groups is 2. The summed E-state index contributed by atoms with van der Waals surface area (Å²) in [7, 11) is 0. The predicted octanol–water partition coefficient (Wildman–Crippen LogP) is 2.32. The smallest absolute Gasteiger partial charge is 0.230 e. The molecule has 0 aromatic carbocycles.